The normalized spacial score (nSPS) is 17.3. The second-order valence-electron chi connectivity index (χ2n) is 6.58. The van der Waals surface area contributed by atoms with E-state index in [2.05, 4.69) is 20.3 Å². The van der Waals surface area contributed by atoms with Gasteiger partial charge in [-0.3, -0.25) is 9.78 Å². The third-order valence-electron chi connectivity index (χ3n) is 4.92. The van der Waals surface area contributed by atoms with Crippen molar-refractivity contribution in [3.63, 3.8) is 0 Å². The molecule has 3 heterocycles. The summed E-state index contributed by atoms with van der Waals surface area (Å²) >= 11 is 0. The Labute approximate surface area is 154 Å². The van der Waals surface area contributed by atoms with E-state index in [1.807, 2.05) is 0 Å². The zero-order valence-corrected chi connectivity index (χ0v) is 14.8. The molecule has 1 fully saturated rings. The van der Waals surface area contributed by atoms with Gasteiger partial charge in [0.15, 0.2) is 5.82 Å². The Morgan fingerprint density at radius 2 is 2.11 bits per heavy atom. The van der Waals surface area contributed by atoms with Gasteiger partial charge in [0, 0.05) is 6.54 Å². The SMILES string of the molecule is Cc1c(C(=O)N2CCCCC2c2n[nH]c(=O)[nH]2)cnn1-c1ccccc1F. The monoisotopic (exact) mass is 370 g/mol. The number of halogens is 1. The zero-order chi connectivity index (χ0) is 19.0. The van der Waals surface area contributed by atoms with Gasteiger partial charge in [-0.1, -0.05) is 12.1 Å². The Morgan fingerprint density at radius 3 is 2.85 bits per heavy atom. The number of aromatic amines is 2. The van der Waals surface area contributed by atoms with E-state index in [0.29, 0.717) is 35.7 Å². The van der Waals surface area contributed by atoms with Gasteiger partial charge in [-0.05, 0) is 38.3 Å². The van der Waals surface area contributed by atoms with Crippen molar-refractivity contribution in [2.24, 2.45) is 0 Å². The molecule has 9 heteroatoms. The van der Waals surface area contributed by atoms with Gasteiger partial charge in [-0.2, -0.15) is 10.2 Å². The molecule has 1 saturated heterocycles. The highest BCUT2D eigenvalue weighted by atomic mass is 19.1. The predicted octanol–water partition coefficient (Wildman–Crippen LogP) is 2.10. The lowest BCUT2D eigenvalue weighted by Crippen LogP contribution is -2.39. The number of benzene rings is 1. The van der Waals surface area contributed by atoms with Crippen LogP contribution in [-0.4, -0.2) is 42.3 Å². The standard InChI is InChI=1S/C18H19FN6O2/c1-11-12(10-20-25(11)14-7-3-2-6-13(14)19)17(26)24-9-5-4-8-15(24)16-21-18(27)23-22-16/h2-3,6-7,10,15H,4-5,8-9H2,1H3,(H2,21,22,23,27). The van der Waals surface area contributed by atoms with E-state index in [1.54, 1.807) is 30.0 Å². The Bertz CT molecular complexity index is 1040. The molecule has 8 nitrogen and oxygen atoms in total. The number of hydrogen-bond acceptors (Lipinski definition) is 4. The minimum Gasteiger partial charge on any atom is -0.328 e. The van der Waals surface area contributed by atoms with Crippen LogP contribution >= 0.6 is 0 Å². The summed E-state index contributed by atoms with van der Waals surface area (Å²) in [6.07, 6.45) is 3.99. The third kappa shape index (κ3) is 3.05. The molecule has 0 bridgehead atoms. The fraction of sp³-hybridized carbons (Fsp3) is 0.333. The molecule has 1 aromatic carbocycles. The Kier molecular flexibility index (Phi) is 4.35. The van der Waals surface area contributed by atoms with Crippen molar-refractivity contribution >= 4 is 5.91 Å². The summed E-state index contributed by atoms with van der Waals surface area (Å²) in [6.45, 7) is 2.30. The number of piperidine rings is 1. The molecule has 2 N–H and O–H groups in total. The van der Waals surface area contributed by atoms with Gasteiger partial charge < -0.3 is 4.90 Å². The van der Waals surface area contributed by atoms with Crippen molar-refractivity contribution in [2.75, 3.05) is 6.54 Å². The number of amides is 1. The number of rotatable bonds is 3. The first-order valence-electron chi connectivity index (χ1n) is 8.81. The van der Waals surface area contributed by atoms with Crippen molar-refractivity contribution < 1.29 is 9.18 Å². The van der Waals surface area contributed by atoms with Crippen LogP contribution in [0, 0.1) is 12.7 Å². The average Bonchev–Trinajstić information content (AvgIpc) is 3.27. The van der Waals surface area contributed by atoms with Crippen molar-refractivity contribution in [1.29, 1.82) is 0 Å². The lowest BCUT2D eigenvalue weighted by molar-refractivity contribution is 0.0599. The van der Waals surface area contributed by atoms with E-state index in [-0.39, 0.29) is 11.9 Å². The van der Waals surface area contributed by atoms with Crippen LogP contribution in [0.2, 0.25) is 0 Å². The molecule has 0 aliphatic carbocycles. The molecule has 0 spiro atoms. The first-order chi connectivity index (χ1) is 13.1. The molecule has 1 aliphatic heterocycles. The summed E-state index contributed by atoms with van der Waals surface area (Å²) in [5.41, 5.74) is 0.861. The van der Waals surface area contributed by atoms with Crippen molar-refractivity contribution in [1.82, 2.24) is 29.9 Å². The first kappa shape index (κ1) is 17.2. The number of likely N-dealkylation sites (tertiary alicyclic amines) is 1. The molecule has 1 unspecified atom stereocenters. The molecule has 4 rings (SSSR count). The van der Waals surface area contributed by atoms with Crippen molar-refractivity contribution in [3.8, 4) is 5.69 Å². The van der Waals surface area contributed by atoms with E-state index in [4.69, 9.17) is 0 Å². The summed E-state index contributed by atoms with van der Waals surface area (Å²) < 4.78 is 15.5. The molecule has 0 radical (unpaired) electrons. The molecule has 1 atom stereocenters. The van der Waals surface area contributed by atoms with E-state index in [9.17, 15) is 14.0 Å². The van der Waals surface area contributed by atoms with Crippen LogP contribution in [0.5, 0.6) is 0 Å². The smallest absolute Gasteiger partial charge is 0.328 e. The fourth-order valence-electron chi connectivity index (χ4n) is 3.54. The van der Waals surface area contributed by atoms with Crippen LogP contribution in [0.25, 0.3) is 5.69 Å². The zero-order valence-electron chi connectivity index (χ0n) is 14.8. The molecule has 2 aromatic heterocycles. The topological polar surface area (TPSA) is 99.7 Å². The number of para-hydroxylation sites is 1. The summed E-state index contributed by atoms with van der Waals surface area (Å²) in [4.78, 5) is 28.9. The Balaban J connectivity index is 1.68. The van der Waals surface area contributed by atoms with E-state index < -0.39 is 11.5 Å². The van der Waals surface area contributed by atoms with Gasteiger partial charge in [0.05, 0.1) is 23.5 Å². The summed E-state index contributed by atoms with van der Waals surface area (Å²) in [5, 5.41) is 10.6. The number of nitrogens with one attached hydrogen (secondary N) is 2. The van der Waals surface area contributed by atoms with E-state index in [0.717, 1.165) is 12.8 Å². The van der Waals surface area contributed by atoms with Gasteiger partial charge in [0.25, 0.3) is 5.91 Å². The first-order valence-corrected chi connectivity index (χ1v) is 8.81. The number of aromatic nitrogens is 5. The van der Waals surface area contributed by atoms with Crippen LogP contribution in [0.1, 0.15) is 47.2 Å². The molecular weight excluding hydrogens is 351 g/mol. The third-order valence-corrected chi connectivity index (χ3v) is 4.92. The van der Waals surface area contributed by atoms with Crippen LogP contribution < -0.4 is 5.69 Å². The maximum atomic E-state index is 14.1. The van der Waals surface area contributed by atoms with Crippen LogP contribution in [0.3, 0.4) is 0 Å². The predicted molar refractivity (Wildman–Crippen MR) is 95.1 cm³/mol. The summed E-state index contributed by atoms with van der Waals surface area (Å²) in [5.74, 6) is -0.163. The molecule has 1 aliphatic rings. The van der Waals surface area contributed by atoms with Crippen LogP contribution in [0.4, 0.5) is 4.39 Å². The lowest BCUT2D eigenvalue weighted by atomic mass is 10.0. The lowest BCUT2D eigenvalue weighted by Gasteiger charge is -2.34. The highest BCUT2D eigenvalue weighted by molar-refractivity contribution is 5.95. The molecule has 27 heavy (non-hydrogen) atoms. The molecule has 1 amide bonds. The largest absolute Gasteiger partial charge is 0.340 e. The van der Waals surface area contributed by atoms with Crippen molar-refractivity contribution in [2.45, 2.75) is 32.2 Å². The second kappa shape index (κ2) is 6.82. The highest BCUT2D eigenvalue weighted by Gasteiger charge is 2.32. The number of hydrogen-bond donors (Lipinski definition) is 2. The molecule has 0 saturated carbocycles. The maximum Gasteiger partial charge on any atom is 0.340 e. The van der Waals surface area contributed by atoms with Gasteiger partial charge in [-0.15, -0.1) is 0 Å². The number of carbonyl (C=O) groups is 1. The molecular formula is C18H19FN6O2. The molecule has 140 valence electrons. The van der Waals surface area contributed by atoms with Gasteiger partial charge in [0.1, 0.15) is 11.5 Å². The Morgan fingerprint density at radius 1 is 1.30 bits per heavy atom. The fourth-order valence-corrected chi connectivity index (χ4v) is 3.54. The van der Waals surface area contributed by atoms with Gasteiger partial charge in [-0.25, -0.2) is 19.0 Å². The van der Waals surface area contributed by atoms with Crippen LogP contribution in [0.15, 0.2) is 35.3 Å². The summed E-state index contributed by atoms with van der Waals surface area (Å²) in [7, 11) is 0. The highest BCUT2D eigenvalue weighted by Crippen LogP contribution is 2.30. The average molecular weight is 370 g/mol. The maximum absolute atomic E-state index is 14.1. The minimum absolute atomic E-state index is 0.205. The number of H-pyrrole nitrogens is 2. The number of carbonyl (C=O) groups excluding carboxylic acids is 1. The molecule has 3 aromatic rings. The van der Waals surface area contributed by atoms with Crippen molar-refractivity contribution in [3.05, 3.63) is 63.8 Å². The quantitative estimate of drug-likeness (QED) is 0.737. The van der Waals surface area contributed by atoms with Gasteiger partial charge >= 0.3 is 5.69 Å². The van der Waals surface area contributed by atoms with Crippen LogP contribution in [-0.2, 0) is 0 Å². The van der Waals surface area contributed by atoms with E-state index in [1.165, 1.54) is 16.9 Å². The second-order valence-corrected chi connectivity index (χ2v) is 6.58. The van der Waals surface area contributed by atoms with E-state index >= 15 is 0 Å². The minimum atomic E-state index is -0.410. The number of nitrogens with zero attached hydrogens (tertiary/aromatic N) is 4. The Hall–Kier alpha value is -3.23. The van der Waals surface area contributed by atoms with Gasteiger partial charge in [0.2, 0.25) is 0 Å². The summed E-state index contributed by atoms with van der Waals surface area (Å²) in [6, 6.07) is 5.98.